The Hall–Kier alpha value is -1.90. The smallest absolute Gasteiger partial charge is 0.257 e. The highest BCUT2D eigenvalue weighted by Gasteiger charge is 2.22. The molecular weight excluding hydrogens is 344 g/mol. The van der Waals surface area contributed by atoms with Gasteiger partial charge in [-0.2, -0.15) is 0 Å². The van der Waals surface area contributed by atoms with Crippen molar-refractivity contribution in [2.75, 3.05) is 5.32 Å². The topological polar surface area (TPSA) is 83.1 Å². The molecule has 8 heteroatoms. The van der Waals surface area contributed by atoms with E-state index in [1.165, 1.54) is 11.3 Å². The van der Waals surface area contributed by atoms with Crippen molar-refractivity contribution in [2.45, 2.75) is 30.6 Å². The first-order valence-electron chi connectivity index (χ1n) is 7.57. The molecule has 2 atom stereocenters. The summed E-state index contributed by atoms with van der Waals surface area (Å²) in [4.78, 5) is 27.7. The number of hydrogen-bond acceptors (Lipinski definition) is 6. The van der Waals surface area contributed by atoms with Crippen molar-refractivity contribution in [3.8, 4) is 0 Å². The lowest BCUT2D eigenvalue weighted by Crippen LogP contribution is -2.53. The number of carbonyl (C=O) groups is 2. The van der Waals surface area contributed by atoms with Gasteiger partial charge in [-0.3, -0.25) is 20.2 Å². The fourth-order valence-corrected chi connectivity index (χ4v) is 3.94. The number of hydrogen-bond donors (Lipinski definition) is 3. The molecule has 1 aliphatic heterocycles. The zero-order chi connectivity index (χ0) is 16.9. The molecule has 126 valence electrons. The van der Waals surface area contributed by atoms with Gasteiger partial charge in [-0.05, 0) is 24.6 Å². The Morgan fingerprint density at radius 3 is 2.88 bits per heavy atom. The Morgan fingerprint density at radius 2 is 2.21 bits per heavy atom. The zero-order valence-corrected chi connectivity index (χ0v) is 14.7. The van der Waals surface area contributed by atoms with Crippen LogP contribution in [0.2, 0.25) is 0 Å². The summed E-state index contributed by atoms with van der Waals surface area (Å²) in [6.45, 7) is 2.00. The third-order valence-electron chi connectivity index (χ3n) is 3.51. The predicted octanol–water partition coefficient (Wildman–Crippen LogP) is 2.41. The van der Waals surface area contributed by atoms with Crippen molar-refractivity contribution in [3.05, 3.63) is 47.0 Å². The molecular formula is C16H18N4O2S2. The van der Waals surface area contributed by atoms with Crippen LogP contribution in [0.25, 0.3) is 0 Å². The Balaban J connectivity index is 1.52. The van der Waals surface area contributed by atoms with Crippen molar-refractivity contribution < 1.29 is 9.59 Å². The molecule has 3 N–H and O–H groups in total. The van der Waals surface area contributed by atoms with Gasteiger partial charge in [0.05, 0.1) is 0 Å². The number of carbonyl (C=O) groups excluding carboxylic acids is 2. The largest absolute Gasteiger partial charge is 0.332 e. The van der Waals surface area contributed by atoms with E-state index in [2.05, 4.69) is 20.9 Å². The third kappa shape index (κ3) is 4.56. The minimum atomic E-state index is -0.167. The molecule has 24 heavy (non-hydrogen) atoms. The lowest BCUT2D eigenvalue weighted by atomic mass is 10.1. The number of amides is 2. The van der Waals surface area contributed by atoms with Crippen LogP contribution in [0.5, 0.6) is 0 Å². The fourth-order valence-electron chi connectivity index (χ4n) is 2.32. The van der Waals surface area contributed by atoms with Gasteiger partial charge in [0, 0.05) is 35.4 Å². The number of thiazole rings is 1. The SMILES string of the molecule is CC1CC(=O)NC(SCc2ccc(C(=O)Nc3nccs3)cc2)N1. The molecule has 0 saturated carbocycles. The summed E-state index contributed by atoms with van der Waals surface area (Å²) in [7, 11) is 0. The van der Waals surface area contributed by atoms with Gasteiger partial charge in [0.15, 0.2) is 5.13 Å². The number of anilines is 1. The summed E-state index contributed by atoms with van der Waals surface area (Å²) in [6.07, 6.45) is 2.17. The van der Waals surface area contributed by atoms with Crippen molar-refractivity contribution in [3.63, 3.8) is 0 Å². The molecule has 6 nitrogen and oxygen atoms in total. The molecule has 1 aliphatic rings. The zero-order valence-electron chi connectivity index (χ0n) is 13.1. The van der Waals surface area contributed by atoms with Crippen LogP contribution < -0.4 is 16.0 Å². The first-order chi connectivity index (χ1) is 11.6. The van der Waals surface area contributed by atoms with E-state index < -0.39 is 0 Å². The number of aromatic nitrogens is 1. The number of nitrogens with one attached hydrogen (secondary N) is 3. The van der Waals surface area contributed by atoms with E-state index in [0.717, 1.165) is 11.3 Å². The molecule has 2 heterocycles. The van der Waals surface area contributed by atoms with E-state index in [9.17, 15) is 9.59 Å². The predicted molar refractivity (Wildman–Crippen MR) is 96.9 cm³/mol. The first-order valence-corrected chi connectivity index (χ1v) is 9.50. The lowest BCUT2D eigenvalue weighted by Gasteiger charge is -2.29. The highest BCUT2D eigenvalue weighted by atomic mass is 32.2. The van der Waals surface area contributed by atoms with Crippen molar-refractivity contribution >= 4 is 40.0 Å². The normalized spacial score (nSPS) is 20.5. The number of rotatable bonds is 5. The van der Waals surface area contributed by atoms with E-state index in [-0.39, 0.29) is 23.4 Å². The van der Waals surface area contributed by atoms with Crippen LogP contribution in [0.4, 0.5) is 5.13 Å². The molecule has 0 radical (unpaired) electrons. The molecule has 2 amide bonds. The Morgan fingerprint density at radius 1 is 1.42 bits per heavy atom. The highest BCUT2D eigenvalue weighted by molar-refractivity contribution is 7.99. The van der Waals surface area contributed by atoms with Crippen LogP contribution >= 0.6 is 23.1 Å². The van der Waals surface area contributed by atoms with Crippen LogP contribution in [0.1, 0.15) is 29.3 Å². The lowest BCUT2D eigenvalue weighted by molar-refractivity contribution is -0.123. The first kappa shape index (κ1) is 16.9. The Labute approximate surface area is 148 Å². The average Bonchev–Trinajstić information content (AvgIpc) is 3.05. The van der Waals surface area contributed by atoms with Crippen molar-refractivity contribution in [1.82, 2.24) is 15.6 Å². The maximum atomic E-state index is 12.1. The maximum absolute atomic E-state index is 12.1. The van der Waals surface area contributed by atoms with Gasteiger partial charge in [0.1, 0.15) is 5.50 Å². The van der Waals surface area contributed by atoms with Gasteiger partial charge in [-0.15, -0.1) is 23.1 Å². The van der Waals surface area contributed by atoms with E-state index >= 15 is 0 Å². The number of thioether (sulfide) groups is 1. The van der Waals surface area contributed by atoms with E-state index in [1.54, 1.807) is 30.1 Å². The second-order valence-electron chi connectivity index (χ2n) is 5.52. The third-order valence-corrected chi connectivity index (χ3v) is 5.28. The van der Waals surface area contributed by atoms with Crippen LogP contribution in [0.3, 0.4) is 0 Å². The van der Waals surface area contributed by atoms with Crippen molar-refractivity contribution in [1.29, 1.82) is 0 Å². The quantitative estimate of drug-likeness (QED) is 0.761. The van der Waals surface area contributed by atoms with Gasteiger partial charge in [0.2, 0.25) is 5.91 Å². The number of nitrogens with zero attached hydrogens (tertiary/aromatic N) is 1. The van der Waals surface area contributed by atoms with Crippen LogP contribution in [0.15, 0.2) is 35.8 Å². The minimum Gasteiger partial charge on any atom is -0.332 e. The monoisotopic (exact) mass is 362 g/mol. The summed E-state index contributed by atoms with van der Waals surface area (Å²) in [5, 5.41) is 11.4. The van der Waals surface area contributed by atoms with Gasteiger partial charge in [-0.1, -0.05) is 12.1 Å². The van der Waals surface area contributed by atoms with Gasteiger partial charge >= 0.3 is 0 Å². The molecule has 1 fully saturated rings. The molecule has 1 aromatic heterocycles. The van der Waals surface area contributed by atoms with Gasteiger partial charge in [-0.25, -0.2) is 4.98 Å². The average molecular weight is 362 g/mol. The van der Waals surface area contributed by atoms with Crippen LogP contribution in [-0.2, 0) is 10.5 Å². The molecule has 3 rings (SSSR count). The molecule has 2 unspecified atom stereocenters. The second kappa shape index (κ2) is 7.78. The minimum absolute atomic E-state index is 0.0749. The van der Waals surface area contributed by atoms with E-state index in [0.29, 0.717) is 17.1 Å². The second-order valence-corrected chi connectivity index (χ2v) is 7.51. The summed E-state index contributed by atoms with van der Waals surface area (Å²) in [6, 6.07) is 7.64. The molecule has 0 spiro atoms. The molecule has 1 aromatic carbocycles. The molecule has 0 bridgehead atoms. The Kier molecular flexibility index (Phi) is 5.49. The van der Waals surface area contributed by atoms with Gasteiger partial charge < -0.3 is 5.32 Å². The highest BCUT2D eigenvalue weighted by Crippen LogP contribution is 2.19. The van der Waals surface area contributed by atoms with Crippen LogP contribution in [0, 0.1) is 0 Å². The Bertz CT molecular complexity index is 703. The van der Waals surface area contributed by atoms with E-state index in [1.807, 2.05) is 24.4 Å². The van der Waals surface area contributed by atoms with E-state index in [4.69, 9.17) is 0 Å². The molecule has 0 aliphatic carbocycles. The summed E-state index contributed by atoms with van der Waals surface area (Å²) < 4.78 is 0. The molecule has 1 saturated heterocycles. The summed E-state index contributed by atoms with van der Waals surface area (Å²) >= 11 is 3.01. The number of benzene rings is 1. The standard InChI is InChI=1S/C16H18N4O2S2/c1-10-8-13(21)19-16(18-10)24-9-11-2-4-12(5-3-11)14(22)20-15-17-6-7-23-15/h2-7,10,16,18H,8-9H2,1H3,(H,19,21)(H,17,20,22). The summed E-state index contributed by atoms with van der Waals surface area (Å²) in [5.41, 5.74) is 1.62. The summed E-state index contributed by atoms with van der Waals surface area (Å²) in [5.74, 6) is 0.658. The molecule has 2 aromatic rings. The maximum Gasteiger partial charge on any atom is 0.257 e. The van der Waals surface area contributed by atoms with Crippen LogP contribution in [-0.4, -0.2) is 28.3 Å². The fraction of sp³-hybridized carbons (Fsp3) is 0.312. The van der Waals surface area contributed by atoms with Crippen molar-refractivity contribution in [2.24, 2.45) is 0 Å². The van der Waals surface area contributed by atoms with Gasteiger partial charge in [0.25, 0.3) is 5.91 Å².